The van der Waals surface area contributed by atoms with Gasteiger partial charge in [0, 0.05) is 7.11 Å². The summed E-state index contributed by atoms with van der Waals surface area (Å²) in [5.74, 6) is -0.563. The van der Waals surface area contributed by atoms with Crippen LogP contribution >= 0.6 is 0 Å². The van der Waals surface area contributed by atoms with Gasteiger partial charge in [-0.1, -0.05) is 32.4 Å². The van der Waals surface area contributed by atoms with Gasteiger partial charge in [0.15, 0.2) is 0 Å². The van der Waals surface area contributed by atoms with Gasteiger partial charge in [0.1, 0.15) is 29.5 Å². The molecule has 0 bridgehead atoms. The first-order valence-corrected chi connectivity index (χ1v) is 11.4. The number of ether oxygens (including phenoxy) is 5. The minimum atomic E-state index is -0.823. The monoisotopic (exact) mass is 453 g/mol. The molecule has 2 saturated heterocycles. The predicted molar refractivity (Wildman–Crippen MR) is 118 cm³/mol. The molecule has 32 heavy (non-hydrogen) atoms. The molecule has 3 rings (SSSR count). The number of methoxy groups -OCH3 is 2. The molecule has 1 spiro atoms. The highest BCUT2D eigenvalue weighted by atomic mass is 16.6. The normalized spacial score (nSPS) is 36.8. The quantitative estimate of drug-likeness (QED) is 0.358. The molecular weight excluding hydrogens is 414 g/mol. The lowest BCUT2D eigenvalue weighted by molar-refractivity contribution is -0.146. The molecule has 2 aliphatic heterocycles. The van der Waals surface area contributed by atoms with E-state index in [4.69, 9.17) is 23.7 Å². The lowest BCUT2D eigenvalue weighted by Gasteiger charge is -2.42. The van der Waals surface area contributed by atoms with Crippen molar-refractivity contribution in [2.24, 2.45) is 11.3 Å². The Kier molecular flexibility index (Phi) is 6.99. The Balaban J connectivity index is 1.72. The number of allylic oxidation sites excluding steroid dienone is 1. The molecule has 1 N–H and O–H groups in total. The zero-order chi connectivity index (χ0) is 23.9. The van der Waals surface area contributed by atoms with Crippen LogP contribution in [0.1, 0.15) is 60.8 Å². The third-order valence-electron chi connectivity index (χ3n) is 7.06. The first kappa shape index (κ1) is 25.0. The lowest BCUT2D eigenvalue weighted by Crippen LogP contribution is -2.57. The summed E-state index contributed by atoms with van der Waals surface area (Å²) < 4.78 is 28.7. The van der Waals surface area contributed by atoms with Gasteiger partial charge in [-0.05, 0) is 45.4 Å². The van der Waals surface area contributed by atoms with Crippen LogP contribution in [0.5, 0.6) is 0 Å². The van der Waals surface area contributed by atoms with E-state index in [9.17, 15) is 9.59 Å². The van der Waals surface area contributed by atoms with Crippen LogP contribution in [0.4, 0.5) is 4.79 Å². The Labute approximate surface area is 191 Å². The molecule has 0 aromatic rings. The second-order valence-corrected chi connectivity index (χ2v) is 10.8. The van der Waals surface area contributed by atoms with Crippen LogP contribution in [0, 0.1) is 11.3 Å². The molecule has 8 nitrogen and oxygen atoms in total. The van der Waals surface area contributed by atoms with Crippen molar-refractivity contribution in [3.8, 4) is 0 Å². The van der Waals surface area contributed by atoms with Crippen LogP contribution in [0.2, 0.25) is 0 Å². The van der Waals surface area contributed by atoms with Gasteiger partial charge in [-0.3, -0.25) is 0 Å². The molecule has 0 aromatic carbocycles. The van der Waals surface area contributed by atoms with E-state index < -0.39 is 35.2 Å². The van der Waals surface area contributed by atoms with Crippen LogP contribution in [0.15, 0.2) is 11.6 Å². The molecule has 182 valence electrons. The summed E-state index contributed by atoms with van der Waals surface area (Å²) in [6, 6.07) is -0.823. The van der Waals surface area contributed by atoms with Crippen molar-refractivity contribution in [3.05, 3.63) is 11.6 Å². The molecule has 0 aromatic heterocycles. The number of alkyl carbamates (subject to hydrolysis) is 1. The van der Waals surface area contributed by atoms with Crippen molar-refractivity contribution in [2.75, 3.05) is 20.8 Å². The van der Waals surface area contributed by atoms with Crippen molar-refractivity contribution in [1.29, 1.82) is 0 Å². The summed E-state index contributed by atoms with van der Waals surface area (Å²) in [6.45, 7) is 12.5. The number of hydrogen-bond donors (Lipinski definition) is 1. The van der Waals surface area contributed by atoms with Crippen molar-refractivity contribution in [2.45, 2.75) is 96.4 Å². The molecule has 2 heterocycles. The fourth-order valence-electron chi connectivity index (χ4n) is 5.11. The van der Waals surface area contributed by atoms with Gasteiger partial charge in [0.25, 0.3) is 0 Å². The summed E-state index contributed by atoms with van der Waals surface area (Å²) in [7, 11) is 2.94. The van der Waals surface area contributed by atoms with Gasteiger partial charge in [-0.25, -0.2) is 9.59 Å². The maximum Gasteiger partial charge on any atom is 0.408 e. The SMILES string of the molecule is COC(=O)C(NC(=O)OC1CCC2(CO2)C(C2(C)OC2CC=C(C)C)C1OC)C(C)(C)C. The molecule has 1 amide bonds. The van der Waals surface area contributed by atoms with Crippen LogP contribution in [0.3, 0.4) is 0 Å². The lowest BCUT2D eigenvalue weighted by atomic mass is 9.68. The number of nitrogens with one attached hydrogen (secondary N) is 1. The number of amides is 1. The van der Waals surface area contributed by atoms with Crippen molar-refractivity contribution in [3.63, 3.8) is 0 Å². The van der Waals surface area contributed by atoms with E-state index in [0.29, 0.717) is 13.0 Å². The van der Waals surface area contributed by atoms with E-state index in [1.54, 1.807) is 7.11 Å². The maximum atomic E-state index is 12.8. The van der Waals surface area contributed by atoms with Gasteiger partial charge < -0.3 is 29.0 Å². The highest BCUT2D eigenvalue weighted by molar-refractivity contribution is 5.82. The van der Waals surface area contributed by atoms with Gasteiger partial charge in [-0.15, -0.1) is 0 Å². The maximum absolute atomic E-state index is 12.8. The van der Waals surface area contributed by atoms with Crippen LogP contribution in [0.25, 0.3) is 0 Å². The minimum Gasteiger partial charge on any atom is -0.467 e. The summed E-state index contributed by atoms with van der Waals surface area (Å²) >= 11 is 0. The largest absolute Gasteiger partial charge is 0.467 e. The third kappa shape index (κ3) is 4.97. The van der Waals surface area contributed by atoms with E-state index in [1.807, 2.05) is 20.8 Å². The Bertz CT molecular complexity index is 750. The van der Waals surface area contributed by atoms with E-state index in [0.717, 1.165) is 12.8 Å². The average molecular weight is 454 g/mol. The fraction of sp³-hybridized carbons (Fsp3) is 0.833. The van der Waals surface area contributed by atoms with E-state index in [2.05, 4.69) is 32.2 Å². The summed E-state index contributed by atoms with van der Waals surface area (Å²) in [6.07, 6.45) is 2.99. The van der Waals surface area contributed by atoms with Crippen LogP contribution < -0.4 is 5.32 Å². The minimum absolute atomic E-state index is 0.0545. The number of hydrogen-bond acceptors (Lipinski definition) is 7. The van der Waals surface area contributed by atoms with E-state index >= 15 is 0 Å². The number of epoxide rings is 2. The Morgan fingerprint density at radius 2 is 1.91 bits per heavy atom. The average Bonchev–Trinajstić information content (AvgIpc) is 3.62. The van der Waals surface area contributed by atoms with Crippen molar-refractivity contribution >= 4 is 12.1 Å². The van der Waals surface area contributed by atoms with Crippen molar-refractivity contribution < 1.29 is 33.3 Å². The molecule has 7 unspecified atom stereocenters. The molecule has 1 aliphatic carbocycles. The zero-order valence-corrected chi connectivity index (χ0v) is 20.7. The predicted octanol–water partition coefficient (Wildman–Crippen LogP) is 3.38. The fourth-order valence-corrected chi connectivity index (χ4v) is 5.11. The number of carbonyl (C=O) groups is 2. The van der Waals surface area contributed by atoms with Crippen LogP contribution in [-0.2, 0) is 28.5 Å². The summed E-state index contributed by atoms with van der Waals surface area (Å²) in [5.41, 5.74) is 0.0398. The molecule has 7 atom stereocenters. The molecule has 1 saturated carbocycles. The smallest absolute Gasteiger partial charge is 0.408 e. The first-order valence-electron chi connectivity index (χ1n) is 11.4. The standard InChI is InChI=1S/C24H39NO7/c1-14(2)9-10-16-23(6,32-16)18-17(28-7)15(11-12-24(18)13-30-24)31-21(27)25-19(20(26)29-8)22(3,4)5/h9,15-19H,10-13H2,1-8H3,(H,25,27). The summed E-state index contributed by atoms with van der Waals surface area (Å²) in [5, 5.41) is 2.69. The molecule has 8 heteroatoms. The van der Waals surface area contributed by atoms with Gasteiger partial charge >= 0.3 is 12.1 Å². The van der Waals surface area contributed by atoms with Crippen LogP contribution in [-0.4, -0.2) is 68.4 Å². The van der Waals surface area contributed by atoms with E-state index in [1.165, 1.54) is 12.7 Å². The Morgan fingerprint density at radius 1 is 1.25 bits per heavy atom. The van der Waals surface area contributed by atoms with E-state index in [-0.39, 0.29) is 23.7 Å². The first-order chi connectivity index (χ1) is 14.9. The molecule has 3 aliphatic rings. The zero-order valence-electron chi connectivity index (χ0n) is 20.7. The van der Waals surface area contributed by atoms with Gasteiger partial charge in [0.05, 0.1) is 25.7 Å². The molecular formula is C24H39NO7. The number of carbonyl (C=O) groups excluding carboxylic acids is 2. The van der Waals surface area contributed by atoms with Gasteiger partial charge in [0.2, 0.25) is 0 Å². The second kappa shape index (κ2) is 8.95. The summed E-state index contributed by atoms with van der Waals surface area (Å²) in [4.78, 5) is 25.0. The molecule has 3 fully saturated rings. The molecule has 0 radical (unpaired) electrons. The Morgan fingerprint density at radius 3 is 2.41 bits per heavy atom. The number of rotatable bonds is 7. The topological polar surface area (TPSA) is 98.9 Å². The van der Waals surface area contributed by atoms with Crippen molar-refractivity contribution in [1.82, 2.24) is 5.32 Å². The van der Waals surface area contributed by atoms with Gasteiger partial charge in [-0.2, -0.15) is 0 Å². The second-order valence-electron chi connectivity index (χ2n) is 10.8. The highest BCUT2D eigenvalue weighted by Crippen LogP contribution is 2.59. The number of esters is 1. The third-order valence-corrected chi connectivity index (χ3v) is 7.06. The Hall–Kier alpha value is -1.64. The highest BCUT2D eigenvalue weighted by Gasteiger charge is 2.72.